The smallest absolute Gasteiger partial charge is 0.326 e. The number of esters is 1. The largest absolute Gasteiger partial charge is 0.490 e. The number of ether oxygens (including phenoxy) is 3. The van der Waals surface area contributed by atoms with Crippen LogP contribution >= 0.6 is 11.3 Å². The van der Waals surface area contributed by atoms with Crippen LogP contribution in [0.2, 0.25) is 0 Å². The molecule has 0 radical (unpaired) electrons. The molecule has 0 spiro atoms. The maximum absolute atomic E-state index is 12.2. The van der Waals surface area contributed by atoms with Crippen LogP contribution in [0.5, 0.6) is 11.5 Å². The third-order valence-corrected chi connectivity index (χ3v) is 4.58. The highest BCUT2D eigenvalue weighted by atomic mass is 32.1. The van der Waals surface area contributed by atoms with Crippen LogP contribution in [-0.2, 0) is 16.1 Å². The number of hydrogen-bond acceptors (Lipinski definition) is 7. The van der Waals surface area contributed by atoms with Crippen molar-refractivity contribution in [3.05, 3.63) is 44.5 Å². The third-order valence-electron chi connectivity index (χ3n) is 3.70. The molecule has 1 aromatic heterocycles. The summed E-state index contributed by atoms with van der Waals surface area (Å²) >= 11 is 1.02. The van der Waals surface area contributed by atoms with Gasteiger partial charge in [-0.05, 0) is 25.1 Å². The van der Waals surface area contributed by atoms with Gasteiger partial charge in [-0.1, -0.05) is 11.3 Å². The van der Waals surface area contributed by atoms with Crippen molar-refractivity contribution in [1.82, 2.24) is 4.57 Å². The zero-order valence-electron chi connectivity index (χ0n) is 13.6. The van der Waals surface area contributed by atoms with Gasteiger partial charge in [0.2, 0.25) is 0 Å². The molecule has 1 aliphatic rings. The molecule has 2 heterocycles. The summed E-state index contributed by atoms with van der Waals surface area (Å²) < 4.78 is 17.4. The van der Waals surface area contributed by atoms with Gasteiger partial charge in [0.05, 0.1) is 13.2 Å². The fraction of sp³-hybridized carbons (Fsp3) is 0.353. The molecule has 1 aromatic carbocycles. The summed E-state index contributed by atoms with van der Waals surface area (Å²) in [6.45, 7) is 2.22. The number of carbonyl (C=O) groups excluding carboxylic acids is 2. The molecule has 0 N–H and O–H groups in total. The predicted octanol–water partition coefficient (Wildman–Crippen LogP) is 1.81. The van der Waals surface area contributed by atoms with Gasteiger partial charge in [0.15, 0.2) is 23.9 Å². The van der Waals surface area contributed by atoms with Crippen LogP contribution in [-0.4, -0.2) is 36.1 Å². The lowest BCUT2D eigenvalue weighted by molar-refractivity contribution is -0.143. The molecular formula is C17H17NO6S. The van der Waals surface area contributed by atoms with Gasteiger partial charge in [-0.25, -0.2) is 0 Å². The van der Waals surface area contributed by atoms with E-state index in [1.54, 1.807) is 30.5 Å². The first-order chi connectivity index (χ1) is 12.0. The summed E-state index contributed by atoms with van der Waals surface area (Å²) in [5.41, 5.74) is 1.06. The lowest BCUT2D eigenvalue weighted by Gasteiger charge is -2.09. The standard InChI is InChI=1S/C17H17NO6S/c1-11-10-25-17(21)18(11)8-16(20)24-9-13(19)12-3-4-14-15(7-12)23-6-2-5-22-14/h3-4,7,10H,2,5-6,8-9H2,1H3. The monoisotopic (exact) mass is 363 g/mol. The van der Waals surface area contributed by atoms with Crippen molar-refractivity contribution in [3.63, 3.8) is 0 Å². The van der Waals surface area contributed by atoms with Crippen molar-refractivity contribution in [2.75, 3.05) is 19.8 Å². The molecule has 0 saturated heterocycles. The van der Waals surface area contributed by atoms with Gasteiger partial charge in [0.1, 0.15) is 6.54 Å². The normalized spacial score (nSPS) is 13.2. The molecule has 3 rings (SSSR count). The Morgan fingerprint density at radius 1 is 1.24 bits per heavy atom. The minimum atomic E-state index is -0.633. The molecule has 1 aliphatic heterocycles. The molecule has 0 fully saturated rings. The fourth-order valence-electron chi connectivity index (χ4n) is 2.34. The van der Waals surface area contributed by atoms with E-state index in [4.69, 9.17) is 14.2 Å². The summed E-state index contributed by atoms with van der Waals surface area (Å²) in [6.07, 6.45) is 0.775. The maximum atomic E-state index is 12.2. The number of Topliss-reactive ketones (excluding diaryl/α,β-unsaturated/α-hetero) is 1. The number of benzene rings is 1. The van der Waals surface area contributed by atoms with E-state index in [9.17, 15) is 14.4 Å². The summed E-state index contributed by atoms with van der Waals surface area (Å²) in [5, 5.41) is 1.67. The second-order valence-corrected chi connectivity index (χ2v) is 6.35. The van der Waals surface area contributed by atoms with Crippen LogP contribution in [0.15, 0.2) is 28.4 Å². The van der Waals surface area contributed by atoms with Crippen LogP contribution in [0.25, 0.3) is 0 Å². The molecule has 0 aliphatic carbocycles. The van der Waals surface area contributed by atoms with Gasteiger partial charge in [-0.15, -0.1) is 0 Å². The predicted molar refractivity (Wildman–Crippen MR) is 90.7 cm³/mol. The molecule has 7 nitrogen and oxygen atoms in total. The summed E-state index contributed by atoms with van der Waals surface area (Å²) in [4.78, 5) is 35.4. The van der Waals surface area contributed by atoms with Crippen molar-refractivity contribution < 1.29 is 23.8 Å². The van der Waals surface area contributed by atoms with Crippen LogP contribution in [0.1, 0.15) is 22.5 Å². The number of aryl methyl sites for hydroxylation is 1. The number of thiazole rings is 1. The Kier molecular flexibility index (Phi) is 5.18. The Bertz CT molecular complexity index is 853. The highest BCUT2D eigenvalue weighted by molar-refractivity contribution is 7.07. The van der Waals surface area contributed by atoms with Gasteiger partial charge < -0.3 is 14.2 Å². The van der Waals surface area contributed by atoms with Crippen molar-refractivity contribution >= 4 is 23.1 Å². The molecule has 0 bridgehead atoms. The first-order valence-corrected chi connectivity index (χ1v) is 8.66. The maximum Gasteiger partial charge on any atom is 0.326 e. The van der Waals surface area contributed by atoms with Gasteiger partial charge in [-0.2, -0.15) is 0 Å². The van der Waals surface area contributed by atoms with E-state index >= 15 is 0 Å². The number of fused-ring (bicyclic) bond motifs is 1. The Balaban J connectivity index is 1.60. The average molecular weight is 363 g/mol. The van der Waals surface area contributed by atoms with E-state index in [0.29, 0.717) is 36.0 Å². The minimum Gasteiger partial charge on any atom is -0.490 e. The van der Waals surface area contributed by atoms with Crippen LogP contribution < -0.4 is 14.3 Å². The van der Waals surface area contributed by atoms with Gasteiger partial charge in [0.25, 0.3) is 0 Å². The number of rotatable bonds is 5. The number of ketones is 1. The third kappa shape index (κ3) is 4.08. The van der Waals surface area contributed by atoms with Gasteiger partial charge in [0, 0.05) is 23.1 Å². The highest BCUT2D eigenvalue weighted by Gasteiger charge is 2.16. The van der Waals surface area contributed by atoms with E-state index in [1.165, 1.54) is 4.57 Å². The zero-order chi connectivity index (χ0) is 17.8. The number of nitrogens with zero attached hydrogens (tertiary/aromatic N) is 1. The molecule has 0 atom stereocenters. The quantitative estimate of drug-likeness (QED) is 0.595. The van der Waals surface area contributed by atoms with Gasteiger partial charge in [-0.3, -0.25) is 19.0 Å². The highest BCUT2D eigenvalue weighted by Crippen LogP contribution is 2.30. The molecule has 8 heteroatoms. The lowest BCUT2D eigenvalue weighted by Crippen LogP contribution is -2.24. The van der Waals surface area contributed by atoms with Crippen molar-refractivity contribution in [2.24, 2.45) is 0 Å². The summed E-state index contributed by atoms with van der Waals surface area (Å²) in [5.74, 6) is 0.123. The molecule has 0 amide bonds. The Morgan fingerprint density at radius 2 is 2.00 bits per heavy atom. The molecule has 2 aromatic rings. The van der Waals surface area contributed by atoms with E-state index in [0.717, 1.165) is 17.8 Å². The molecule has 25 heavy (non-hydrogen) atoms. The fourth-order valence-corrected chi connectivity index (χ4v) is 3.07. The summed E-state index contributed by atoms with van der Waals surface area (Å²) in [6, 6.07) is 4.87. The first-order valence-electron chi connectivity index (χ1n) is 7.78. The number of carbonyl (C=O) groups is 2. The lowest BCUT2D eigenvalue weighted by atomic mass is 10.1. The second-order valence-electron chi connectivity index (χ2n) is 5.52. The van der Waals surface area contributed by atoms with Crippen LogP contribution in [0.4, 0.5) is 0 Å². The molecule has 132 valence electrons. The van der Waals surface area contributed by atoms with Crippen molar-refractivity contribution in [3.8, 4) is 11.5 Å². The number of aromatic nitrogens is 1. The van der Waals surface area contributed by atoms with E-state index in [1.807, 2.05) is 0 Å². The van der Waals surface area contributed by atoms with Crippen molar-refractivity contribution in [1.29, 1.82) is 0 Å². The number of hydrogen-bond donors (Lipinski definition) is 0. The topological polar surface area (TPSA) is 83.8 Å². The molecule has 0 unspecified atom stereocenters. The van der Waals surface area contributed by atoms with Crippen LogP contribution in [0.3, 0.4) is 0 Å². The van der Waals surface area contributed by atoms with E-state index < -0.39 is 12.6 Å². The molecular weight excluding hydrogens is 346 g/mol. The summed E-state index contributed by atoms with van der Waals surface area (Å²) in [7, 11) is 0. The van der Waals surface area contributed by atoms with Crippen molar-refractivity contribution in [2.45, 2.75) is 19.9 Å². The average Bonchev–Trinajstić information content (AvgIpc) is 2.81. The van der Waals surface area contributed by atoms with E-state index in [-0.39, 0.29) is 17.2 Å². The first kappa shape index (κ1) is 17.2. The Morgan fingerprint density at radius 3 is 2.72 bits per heavy atom. The van der Waals surface area contributed by atoms with Crippen LogP contribution in [0, 0.1) is 6.92 Å². The SMILES string of the molecule is Cc1csc(=O)n1CC(=O)OCC(=O)c1ccc2c(c1)OCCCO2. The zero-order valence-corrected chi connectivity index (χ0v) is 14.5. The Hall–Kier alpha value is -2.61. The molecule has 0 saturated carbocycles. The van der Waals surface area contributed by atoms with Gasteiger partial charge >= 0.3 is 10.8 Å². The minimum absolute atomic E-state index is 0.206. The van der Waals surface area contributed by atoms with E-state index in [2.05, 4.69) is 0 Å². The Labute approximate surface area is 147 Å². The second kappa shape index (κ2) is 7.52.